The molecule has 0 aliphatic carbocycles. The van der Waals surface area contributed by atoms with Gasteiger partial charge in [-0.2, -0.15) is 0 Å². The van der Waals surface area contributed by atoms with Crippen molar-refractivity contribution in [3.05, 3.63) is 121 Å². The van der Waals surface area contributed by atoms with Crippen LogP contribution in [0, 0.1) is 29.1 Å². The molecule has 13 heteroatoms. The van der Waals surface area contributed by atoms with Crippen LogP contribution in [-0.2, 0) is 21.1 Å². The molecule has 1 heterocycles. The Hall–Kier alpha value is -3.50. The van der Waals surface area contributed by atoms with Crippen LogP contribution in [0.25, 0.3) is 0 Å². The van der Waals surface area contributed by atoms with Crippen molar-refractivity contribution in [1.82, 2.24) is 0 Å². The molecule has 0 N–H and O–H groups in total. The number of rotatable bonds is 11. The van der Waals surface area contributed by atoms with E-state index in [0.717, 1.165) is 15.7 Å². The normalized spacial score (nSPS) is 13.4. The Labute approximate surface area is 349 Å². The first-order valence-corrected chi connectivity index (χ1v) is 21.5. The number of carbonyl (C=O) groups is 1. The zero-order valence-corrected chi connectivity index (χ0v) is 36.9. The summed E-state index contributed by atoms with van der Waals surface area (Å²) >= 11 is 12.4. The Morgan fingerprint density at radius 1 is 0.667 bits per heavy atom. The van der Waals surface area contributed by atoms with Gasteiger partial charge in [-0.1, -0.05) is 0 Å². The Morgan fingerprint density at radius 2 is 1.07 bits per heavy atom. The Bertz CT molecular complexity index is 2100. The van der Waals surface area contributed by atoms with Crippen molar-refractivity contribution in [3.8, 4) is 0 Å². The number of halogens is 7. The SMILES string of the molecule is CC(C)ON(C(=O)c1c(F)c(F)c(F)c(F)c1F)c1c([CH]=[Ru]=[C]2N(c3c(C(C)C)cccc3C(C)C)CCN2c2c(C(C)C)cccc2C(C)C)ccc(Cl)c1Cl. The van der Waals surface area contributed by atoms with Crippen molar-refractivity contribution in [1.29, 1.82) is 0 Å². The van der Waals surface area contributed by atoms with Crippen molar-refractivity contribution < 1.29 is 47.8 Å². The van der Waals surface area contributed by atoms with E-state index >= 15 is 8.78 Å². The number of benzene rings is 4. The molecule has 4 aromatic carbocycles. The number of hydrogen-bond donors (Lipinski definition) is 0. The number of nitrogens with zero attached hydrogens (tertiary/aromatic N) is 3. The standard InChI is InChI=1S/C27H38N2.C17H10Cl2F5NO2.Ru/c1-18(2)22-11-9-12-23(19(3)4)26(22)28-15-16-29(17-28)27-24(20(5)6)13-10-14-25(27)21(7)8;1-6(2)27-25(16-7(3)4-5-8(18)10(16)19)17(26)9-11(20)13(22)15(24)14(23)12(9)21;/h9-14,18-21H,15-16H2,1-8H3;3-6H,1-2H3;. The number of para-hydroxylation sites is 2. The van der Waals surface area contributed by atoms with E-state index in [1.165, 1.54) is 42.2 Å². The minimum atomic E-state index is -2.39. The molecule has 1 aliphatic heterocycles. The average molecular weight is 918 g/mol. The summed E-state index contributed by atoms with van der Waals surface area (Å²) in [6.45, 7) is 21.8. The van der Waals surface area contributed by atoms with Crippen LogP contribution < -0.4 is 14.9 Å². The van der Waals surface area contributed by atoms with Gasteiger partial charge in [0.25, 0.3) is 0 Å². The molecule has 1 saturated heterocycles. The summed E-state index contributed by atoms with van der Waals surface area (Å²) in [6.07, 6.45) is -0.815. The third-order valence-corrected chi connectivity index (χ3v) is 12.7. The van der Waals surface area contributed by atoms with Gasteiger partial charge >= 0.3 is 351 Å². The molecular formula is C44H48Cl2F5N3O2Ru. The fourth-order valence-electron chi connectivity index (χ4n) is 6.94. The van der Waals surface area contributed by atoms with Crippen LogP contribution >= 0.6 is 23.2 Å². The molecule has 1 aliphatic rings. The number of hydroxylamine groups is 1. The first-order chi connectivity index (χ1) is 26.8. The van der Waals surface area contributed by atoms with Gasteiger partial charge in [0, 0.05) is 0 Å². The molecule has 5 nitrogen and oxygen atoms in total. The molecule has 1 amide bonds. The van der Waals surface area contributed by atoms with Gasteiger partial charge in [-0.25, -0.2) is 0 Å². The fraction of sp³-hybridized carbons (Fsp3) is 0.386. The number of carbonyl (C=O) groups excluding carboxylic acids is 1. The second-order valence-electron chi connectivity index (χ2n) is 15.5. The molecule has 0 bridgehead atoms. The van der Waals surface area contributed by atoms with E-state index in [1.807, 2.05) is 4.61 Å². The maximum atomic E-state index is 15.2. The second kappa shape index (κ2) is 18.2. The molecule has 1 fully saturated rings. The number of hydrogen-bond acceptors (Lipinski definition) is 4. The molecule has 308 valence electrons. The van der Waals surface area contributed by atoms with Crippen LogP contribution in [0.5, 0.6) is 0 Å². The van der Waals surface area contributed by atoms with Gasteiger partial charge in [-0.15, -0.1) is 0 Å². The first kappa shape index (κ1) is 44.6. The van der Waals surface area contributed by atoms with Crippen molar-refractivity contribution >= 4 is 55.1 Å². The van der Waals surface area contributed by atoms with E-state index in [1.54, 1.807) is 6.07 Å². The van der Waals surface area contributed by atoms with E-state index in [-0.39, 0.29) is 39.4 Å². The van der Waals surface area contributed by atoms with Crippen molar-refractivity contribution in [2.24, 2.45) is 0 Å². The van der Waals surface area contributed by atoms with E-state index in [0.29, 0.717) is 23.7 Å². The zero-order chi connectivity index (χ0) is 42.2. The summed E-state index contributed by atoms with van der Waals surface area (Å²) in [5, 5.41) is 0.237. The third kappa shape index (κ3) is 8.78. The van der Waals surface area contributed by atoms with Gasteiger partial charge < -0.3 is 0 Å². The Balaban J connectivity index is 1.86. The van der Waals surface area contributed by atoms with Crippen LogP contribution in [0.4, 0.5) is 39.0 Å². The fourth-order valence-corrected chi connectivity index (χ4v) is 9.56. The minimum absolute atomic E-state index is 0.0289. The van der Waals surface area contributed by atoms with Gasteiger partial charge in [0.2, 0.25) is 0 Å². The molecule has 4 aromatic rings. The van der Waals surface area contributed by atoms with E-state index in [4.69, 9.17) is 28.0 Å². The average Bonchev–Trinajstić information content (AvgIpc) is 3.58. The molecular weight excluding hydrogens is 869 g/mol. The Morgan fingerprint density at radius 3 is 1.46 bits per heavy atom. The summed E-state index contributed by atoms with van der Waals surface area (Å²) in [5.41, 5.74) is 5.47. The predicted molar refractivity (Wildman–Crippen MR) is 220 cm³/mol. The predicted octanol–water partition coefficient (Wildman–Crippen LogP) is 12.5. The third-order valence-electron chi connectivity index (χ3n) is 9.68. The molecule has 57 heavy (non-hydrogen) atoms. The first-order valence-electron chi connectivity index (χ1n) is 18.9. The van der Waals surface area contributed by atoms with Crippen molar-refractivity contribution in [3.63, 3.8) is 0 Å². The summed E-state index contributed by atoms with van der Waals surface area (Å²) in [6, 6.07) is 16.0. The van der Waals surface area contributed by atoms with Gasteiger partial charge in [0.15, 0.2) is 0 Å². The van der Waals surface area contributed by atoms with Gasteiger partial charge in [0.1, 0.15) is 0 Å². The molecule has 5 rings (SSSR count). The van der Waals surface area contributed by atoms with Crippen LogP contribution in [0.2, 0.25) is 10.0 Å². The summed E-state index contributed by atoms with van der Waals surface area (Å²) in [7, 11) is 0. The quantitative estimate of drug-likeness (QED) is 0.0494. The van der Waals surface area contributed by atoms with Crippen LogP contribution in [0.1, 0.15) is 131 Å². The molecule has 0 aromatic heterocycles. The van der Waals surface area contributed by atoms with Crippen LogP contribution in [-0.4, -0.2) is 34.1 Å². The zero-order valence-electron chi connectivity index (χ0n) is 33.7. The second-order valence-corrected chi connectivity index (χ2v) is 18.0. The molecule has 0 spiro atoms. The summed E-state index contributed by atoms with van der Waals surface area (Å²) in [5.74, 6) is -12.3. The molecule has 0 radical (unpaired) electrons. The molecule has 0 unspecified atom stereocenters. The van der Waals surface area contributed by atoms with Crippen LogP contribution in [0.15, 0.2) is 48.5 Å². The van der Waals surface area contributed by atoms with Gasteiger partial charge in [-0.3, -0.25) is 0 Å². The summed E-state index contributed by atoms with van der Waals surface area (Å²) < 4.78 is 76.2. The van der Waals surface area contributed by atoms with Gasteiger partial charge in [0.05, 0.1) is 0 Å². The maximum absolute atomic E-state index is 15.2. The topological polar surface area (TPSA) is 36.0 Å². The molecule has 0 saturated carbocycles. The van der Waals surface area contributed by atoms with Crippen LogP contribution in [0.3, 0.4) is 0 Å². The van der Waals surface area contributed by atoms with Crippen molar-refractivity contribution in [2.75, 3.05) is 28.0 Å². The van der Waals surface area contributed by atoms with E-state index in [9.17, 15) is 18.0 Å². The Kier molecular flexibility index (Phi) is 14.2. The monoisotopic (exact) mass is 917 g/mol. The summed E-state index contributed by atoms with van der Waals surface area (Å²) in [4.78, 5) is 24.6. The number of amides is 1. The molecule has 0 atom stereocenters. The number of anilines is 3. The van der Waals surface area contributed by atoms with E-state index in [2.05, 4.69) is 102 Å². The van der Waals surface area contributed by atoms with E-state index < -0.39 is 62.9 Å². The van der Waals surface area contributed by atoms with Crippen molar-refractivity contribution in [2.45, 2.75) is 99.0 Å². The van der Waals surface area contributed by atoms with Gasteiger partial charge in [-0.05, 0) is 0 Å².